The predicted octanol–water partition coefficient (Wildman–Crippen LogP) is 3.50. The van der Waals surface area contributed by atoms with Gasteiger partial charge >= 0.3 is 0 Å². The number of thiazole rings is 1. The summed E-state index contributed by atoms with van der Waals surface area (Å²) in [5, 5.41) is 3.28. The van der Waals surface area contributed by atoms with Crippen molar-refractivity contribution in [2.24, 2.45) is 0 Å². The highest BCUT2D eigenvalue weighted by Gasteiger charge is 2.08. The van der Waals surface area contributed by atoms with Gasteiger partial charge in [-0.3, -0.25) is 0 Å². The molecule has 1 heterocycles. The number of rotatable bonds is 4. The average molecular weight is 235 g/mol. The molecule has 86 valence electrons. The second-order valence-electron chi connectivity index (χ2n) is 3.98. The fourth-order valence-corrected chi connectivity index (χ4v) is 2.33. The topological polar surface area (TPSA) is 22.1 Å². The van der Waals surface area contributed by atoms with Crippen molar-refractivity contribution in [2.75, 3.05) is 0 Å². The third kappa shape index (κ3) is 3.03. The maximum absolute atomic E-state index is 5.79. The molecule has 1 atom stereocenters. The smallest absolute Gasteiger partial charge is 0.0926 e. The van der Waals surface area contributed by atoms with Gasteiger partial charge in [0.15, 0.2) is 0 Å². The van der Waals surface area contributed by atoms with Gasteiger partial charge in [0.25, 0.3) is 0 Å². The van der Waals surface area contributed by atoms with Gasteiger partial charge in [-0.2, -0.15) is 0 Å². The van der Waals surface area contributed by atoms with Crippen LogP contribution in [0.25, 0.3) is 0 Å². The molecule has 2 nitrogen and oxygen atoms in total. The largest absolute Gasteiger partial charge is 0.367 e. The number of hydrogen-bond donors (Lipinski definition) is 0. The minimum absolute atomic E-state index is 0.218. The molecule has 2 rings (SSSR count). The molecule has 0 aliphatic heterocycles. The van der Waals surface area contributed by atoms with Crippen molar-refractivity contribution in [3.63, 3.8) is 0 Å². The Bertz CT molecular complexity index is 406. The van der Waals surface area contributed by atoms with Crippen LogP contribution in [0.2, 0.25) is 0 Å². The van der Waals surface area contributed by atoms with Crippen LogP contribution in [0, 0.1) is 0 Å². The standard InChI is InChI=1S/C13H17NOS/c1-3-13-14-11(9-16-13)8-15-12-6-4-10(2)5-7-12/h4-6,9,12H,3,7-8H2,1-2H3. The highest BCUT2D eigenvalue weighted by Crippen LogP contribution is 2.16. The molecule has 0 amide bonds. The van der Waals surface area contributed by atoms with Crippen LogP contribution in [-0.4, -0.2) is 11.1 Å². The first kappa shape index (κ1) is 11.6. The Balaban J connectivity index is 1.82. The van der Waals surface area contributed by atoms with Crippen molar-refractivity contribution in [3.05, 3.63) is 39.9 Å². The van der Waals surface area contributed by atoms with Gasteiger partial charge in [-0.15, -0.1) is 11.3 Å². The summed E-state index contributed by atoms with van der Waals surface area (Å²) in [6.07, 6.45) is 8.66. The molecular formula is C13H17NOS. The highest BCUT2D eigenvalue weighted by atomic mass is 32.1. The monoisotopic (exact) mass is 235 g/mol. The van der Waals surface area contributed by atoms with Crippen molar-refractivity contribution in [1.29, 1.82) is 0 Å². The van der Waals surface area contributed by atoms with E-state index in [0.717, 1.165) is 18.5 Å². The maximum atomic E-state index is 5.79. The lowest BCUT2D eigenvalue weighted by Crippen LogP contribution is -2.11. The second kappa shape index (κ2) is 5.41. The van der Waals surface area contributed by atoms with Gasteiger partial charge in [0.05, 0.1) is 23.4 Å². The van der Waals surface area contributed by atoms with E-state index in [2.05, 4.69) is 42.4 Å². The molecule has 0 bridgehead atoms. The predicted molar refractivity (Wildman–Crippen MR) is 67.6 cm³/mol. The number of ether oxygens (including phenoxy) is 1. The maximum Gasteiger partial charge on any atom is 0.0926 e. The van der Waals surface area contributed by atoms with Gasteiger partial charge in [0.1, 0.15) is 0 Å². The summed E-state index contributed by atoms with van der Waals surface area (Å²) in [6, 6.07) is 0. The fraction of sp³-hybridized carbons (Fsp3) is 0.462. The van der Waals surface area contributed by atoms with E-state index in [4.69, 9.17) is 4.74 Å². The molecule has 0 saturated heterocycles. The van der Waals surface area contributed by atoms with E-state index in [1.54, 1.807) is 11.3 Å². The molecule has 0 saturated carbocycles. The molecule has 0 fully saturated rings. The number of aromatic nitrogens is 1. The van der Waals surface area contributed by atoms with Crippen LogP contribution in [0.3, 0.4) is 0 Å². The fourth-order valence-electron chi connectivity index (χ4n) is 1.60. The first-order valence-electron chi connectivity index (χ1n) is 5.67. The molecule has 16 heavy (non-hydrogen) atoms. The molecule has 0 aromatic carbocycles. The van der Waals surface area contributed by atoms with Gasteiger partial charge in [0.2, 0.25) is 0 Å². The summed E-state index contributed by atoms with van der Waals surface area (Å²) < 4.78 is 5.79. The molecule has 1 unspecified atom stereocenters. The van der Waals surface area contributed by atoms with Crippen LogP contribution in [0.1, 0.15) is 31.0 Å². The van der Waals surface area contributed by atoms with E-state index in [9.17, 15) is 0 Å². The zero-order valence-electron chi connectivity index (χ0n) is 9.77. The van der Waals surface area contributed by atoms with Crippen molar-refractivity contribution in [3.8, 4) is 0 Å². The Kier molecular flexibility index (Phi) is 3.91. The molecule has 1 aliphatic carbocycles. The molecular weight excluding hydrogens is 218 g/mol. The summed E-state index contributed by atoms with van der Waals surface area (Å²) in [4.78, 5) is 4.48. The number of allylic oxidation sites excluding steroid dienone is 2. The number of hydrogen-bond acceptors (Lipinski definition) is 3. The summed E-state index contributed by atoms with van der Waals surface area (Å²) >= 11 is 1.72. The molecule has 1 aromatic heterocycles. The Labute approximate surface area is 101 Å². The van der Waals surface area contributed by atoms with Crippen molar-refractivity contribution < 1.29 is 4.74 Å². The quantitative estimate of drug-likeness (QED) is 0.797. The van der Waals surface area contributed by atoms with Crippen molar-refractivity contribution in [2.45, 2.75) is 39.4 Å². The molecule has 3 heteroatoms. The van der Waals surface area contributed by atoms with Crippen LogP contribution in [0.4, 0.5) is 0 Å². The molecule has 1 aliphatic rings. The Morgan fingerprint density at radius 1 is 1.56 bits per heavy atom. The van der Waals surface area contributed by atoms with E-state index in [0.29, 0.717) is 6.61 Å². The normalized spacial score (nSPS) is 19.9. The van der Waals surface area contributed by atoms with Crippen LogP contribution >= 0.6 is 11.3 Å². The molecule has 0 N–H and O–H groups in total. The van der Waals surface area contributed by atoms with E-state index in [1.165, 1.54) is 10.6 Å². The van der Waals surface area contributed by atoms with Gasteiger partial charge in [-0.1, -0.05) is 30.7 Å². The van der Waals surface area contributed by atoms with Crippen LogP contribution in [0.15, 0.2) is 29.2 Å². The highest BCUT2D eigenvalue weighted by molar-refractivity contribution is 7.09. The van der Waals surface area contributed by atoms with E-state index in [1.807, 2.05) is 0 Å². The summed E-state index contributed by atoms with van der Waals surface area (Å²) in [5.74, 6) is 0. The third-order valence-electron chi connectivity index (χ3n) is 2.59. The summed E-state index contributed by atoms with van der Waals surface area (Å²) in [5.41, 5.74) is 2.38. The summed E-state index contributed by atoms with van der Waals surface area (Å²) in [7, 11) is 0. The average Bonchev–Trinajstić information content (AvgIpc) is 2.76. The van der Waals surface area contributed by atoms with Gasteiger partial charge in [-0.05, 0) is 19.8 Å². The Morgan fingerprint density at radius 3 is 3.06 bits per heavy atom. The van der Waals surface area contributed by atoms with E-state index < -0.39 is 0 Å². The van der Waals surface area contributed by atoms with E-state index in [-0.39, 0.29) is 6.10 Å². The van der Waals surface area contributed by atoms with Crippen molar-refractivity contribution >= 4 is 11.3 Å². The molecule has 1 aromatic rings. The van der Waals surface area contributed by atoms with Crippen LogP contribution in [0.5, 0.6) is 0 Å². The lowest BCUT2D eigenvalue weighted by atomic mass is 10.1. The second-order valence-corrected chi connectivity index (χ2v) is 4.92. The van der Waals surface area contributed by atoms with Crippen LogP contribution in [-0.2, 0) is 17.8 Å². The van der Waals surface area contributed by atoms with E-state index >= 15 is 0 Å². The van der Waals surface area contributed by atoms with Crippen molar-refractivity contribution in [1.82, 2.24) is 4.98 Å². The molecule has 0 radical (unpaired) electrons. The SMILES string of the molecule is CCc1nc(COC2C=CC(C)=CC2)cs1. The zero-order valence-corrected chi connectivity index (χ0v) is 10.6. The van der Waals surface area contributed by atoms with Gasteiger partial charge < -0.3 is 4.74 Å². The lowest BCUT2D eigenvalue weighted by Gasteiger charge is -2.14. The Hall–Kier alpha value is -0.930. The zero-order chi connectivity index (χ0) is 11.4. The Morgan fingerprint density at radius 2 is 2.44 bits per heavy atom. The third-order valence-corrected chi connectivity index (χ3v) is 3.63. The number of nitrogens with zero attached hydrogens (tertiary/aromatic N) is 1. The first-order valence-corrected chi connectivity index (χ1v) is 6.55. The lowest BCUT2D eigenvalue weighted by molar-refractivity contribution is 0.0711. The number of aryl methyl sites for hydroxylation is 1. The summed E-state index contributed by atoms with van der Waals surface area (Å²) in [6.45, 7) is 4.86. The van der Waals surface area contributed by atoms with Crippen LogP contribution < -0.4 is 0 Å². The minimum atomic E-state index is 0.218. The van der Waals surface area contributed by atoms with Gasteiger partial charge in [0, 0.05) is 5.38 Å². The van der Waals surface area contributed by atoms with Gasteiger partial charge in [-0.25, -0.2) is 4.98 Å². The minimum Gasteiger partial charge on any atom is -0.367 e. The molecule has 0 spiro atoms. The first-order chi connectivity index (χ1) is 7.78.